The molecule has 0 saturated carbocycles. The molecule has 0 spiro atoms. The van der Waals surface area contributed by atoms with E-state index >= 15 is 0 Å². The Kier molecular flexibility index (Phi) is 3.44. The number of hydrogen-bond acceptors (Lipinski definition) is 3. The molecule has 0 aliphatic carbocycles. The number of carbonyl (C=O) groups excluding carboxylic acids is 1. The maximum absolute atomic E-state index is 10.9. The van der Waals surface area contributed by atoms with Crippen molar-refractivity contribution in [3.8, 4) is 6.07 Å². The number of allylic oxidation sites excluding steroid dienone is 1. The van der Waals surface area contributed by atoms with Crippen molar-refractivity contribution in [3.05, 3.63) is 38.9 Å². The quantitative estimate of drug-likeness (QED) is 0.243. The highest BCUT2D eigenvalue weighted by Crippen LogP contribution is 2.16. The van der Waals surface area contributed by atoms with Crippen molar-refractivity contribution in [1.82, 2.24) is 0 Å². The summed E-state index contributed by atoms with van der Waals surface area (Å²) in [7, 11) is 0. The highest BCUT2D eigenvalue weighted by molar-refractivity contribution is 7.08. The average Bonchev–Trinajstić information content (AvgIpc) is 2.67. The van der Waals surface area contributed by atoms with Crippen LogP contribution in [0, 0.1) is 11.3 Å². The Hall–Kier alpha value is -2.09. The van der Waals surface area contributed by atoms with Crippen LogP contribution < -0.4 is 0 Å². The van der Waals surface area contributed by atoms with Crippen molar-refractivity contribution in [1.29, 1.82) is 5.26 Å². The summed E-state index contributed by atoms with van der Waals surface area (Å²) in [5.41, 5.74) is 8.83. The lowest BCUT2D eigenvalue weighted by Gasteiger charge is -1.89. The van der Waals surface area contributed by atoms with Crippen LogP contribution in [0.5, 0.6) is 0 Å². The SMILES string of the molecule is N#C/C(=C\C(=O)N=[N+]=[N-])c1ccsc1. The number of nitrogens with zero attached hydrogens (tertiary/aromatic N) is 4. The molecule has 0 fully saturated rings. The molecule has 0 aliphatic rings. The fraction of sp³-hybridized carbons (Fsp3) is 0. The molecule has 6 heteroatoms. The van der Waals surface area contributed by atoms with Crippen molar-refractivity contribution >= 4 is 22.8 Å². The Balaban J connectivity index is 3.00. The van der Waals surface area contributed by atoms with Gasteiger partial charge in [-0.05, 0) is 27.5 Å². The van der Waals surface area contributed by atoms with Crippen molar-refractivity contribution in [2.45, 2.75) is 0 Å². The second-order valence-electron chi connectivity index (χ2n) is 2.21. The van der Waals surface area contributed by atoms with E-state index in [1.165, 1.54) is 11.3 Å². The minimum atomic E-state index is -0.768. The van der Waals surface area contributed by atoms with Gasteiger partial charge in [-0.2, -0.15) is 16.6 Å². The molecule has 0 radical (unpaired) electrons. The molecular formula is C8H4N4OS. The summed E-state index contributed by atoms with van der Waals surface area (Å²) < 4.78 is 0. The molecule has 1 aromatic rings. The van der Waals surface area contributed by atoms with Gasteiger partial charge in [0.1, 0.15) is 0 Å². The van der Waals surface area contributed by atoms with Gasteiger partial charge < -0.3 is 0 Å². The van der Waals surface area contributed by atoms with Crippen LogP contribution >= 0.6 is 11.3 Å². The van der Waals surface area contributed by atoms with E-state index in [9.17, 15) is 4.79 Å². The van der Waals surface area contributed by atoms with Gasteiger partial charge >= 0.3 is 0 Å². The summed E-state index contributed by atoms with van der Waals surface area (Å²) in [6, 6.07) is 3.57. The van der Waals surface area contributed by atoms with Crippen LogP contribution in [0.2, 0.25) is 0 Å². The Morgan fingerprint density at radius 3 is 3.07 bits per heavy atom. The van der Waals surface area contributed by atoms with Gasteiger partial charge in [-0.3, -0.25) is 4.79 Å². The largest absolute Gasteiger partial charge is 0.288 e. The van der Waals surface area contributed by atoms with Gasteiger partial charge in [0.2, 0.25) is 5.91 Å². The summed E-state index contributed by atoms with van der Waals surface area (Å²) in [5, 5.41) is 15.1. The van der Waals surface area contributed by atoms with Crippen LogP contribution in [0.1, 0.15) is 5.56 Å². The van der Waals surface area contributed by atoms with E-state index in [-0.39, 0.29) is 5.57 Å². The molecule has 0 N–H and O–H groups in total. The van der Waals surface area contributed by atoms with E-state index < -0.39 is 5.91 Å². The molecular weight excluding hydrogens is 200 g/mol. The first-order valence-corrected chi connectivity index (χ1v) is 4.45. The minimum absolute atomic E-state index is 0.198. The van der Waals surface area contributed by atoms with E-state index in [0.29, 0.717) is 5.56 Å². The smallest absolute Gasteiger partial charge is 0.243 e. The van der Waals surface area contributed by atoms with Gasteiger partial charge in [0.05, 0.1) is 11.6 Å². The number of azide groups is 1. The van der Waals surface area contributed by atoms with Gasteiger partial charge in [0.15, 0.2) is 0 Å². The Morgan fingerprint density at radius 1 is 1.79 bits per heavy atom. The molecule has 1 amide bonds. The third-order valence-corrected chi connectivity index (χ3v) is 2.05. The summed E-state index contributed by atoms with van der Waals surface area (Å²) in [4.78, 5) is 13.2. The Bertz CT molecular complexity index is 448. The summed E-state index contributed by atoms with van der Waals surface area (Å²) in [6.45, 7) is 0. The fourth-order valence-electron chi connectivity index (χ4n) is 0.794. The number of nitriles is 1. The molecule has 1 aromatic heterocycles. The zero-order chi connectivity index (χ0) is 10.4. The number of amides is 1. The van der Waals surface area contributed by atoms with E-state index in [0.717, 1.165) is 6.08 Å². The predicted molar refractivity (Wildman–Crippen MR) is 52.1 cm³/mol. The number of rotatable bonds is 2. The first kappa shape index (κ1) is 9.99. The lowest BCUT2D eigenvalue weighted by atomic mass is 10.1. The lowest BCUT2D eigenvalue weighted by Crippen LogP contribution is -1.87. The van der Waals surface area contributed by atoms with Crippen molar-refractivity contribution < 1.29 is 4.79 Å². The zero-order valence-electron chi connectivity index (χ0n) is 6.91. The van der Waals surface area contributed by atoms with Crippen LogP contribution in [0.4, 0.5) is 0 Å². The van der Waals surface area contributed by atoms with Crippen molar-refractivity contribution in [3.63, 3.8) is 0 Å². The second kappa shape index (κ2) is 4.82. The number of hydrogen-bond donors (Lipinski definition) is 0. The summed E-state index contributed by atoms with van der Waals surface area (Å²) >= 11 is 1.42. The first-order chi connectivity index (χ1) is 6.77. The zero-order valence-corrected chi connectivity index (χ0v) is 7.73. The molecule has 0 aliphatic heterocycles. The lowest BCUT2D eigenvalue weighted by molar-refractivity contribution is -0.113. The standard InChI is InChI=1S/C8H4N4OS/c9-4-7(3-8(13)11-12-10)6-1-2-14-5-6/h1-3,5H/b7-3+. The molecule has 0 unspecified atom stereocenters. The average molecular weight is 204 g/mol. The molecule has 1 heterocycles. The molecule has 0 saturated heterocycles. The Morgan fingerprint density at radius 2 is 2.57 bits per heavy atom. The molecule has 5 nitrogen and oxygen atoms in total. The van der Waals surface area contributed by atoms with Crippen LogP contribution in [0.15, 0.2) is 28.0 Å². The molecule has 1 rings (SSSR count). The summed E-state index contributed by atoms with van der Waals surface area (Å²) in [5.74, 6) is -0.768. The first-order valence-electron chi connectivity index (χ1n) is 3.51. The van der Waals surface area contributed by atoms with E-state index in [1.807, 2.05) is 6.07 Å². The van der Waals surface area contributed by atoms with Gasteiger partial charge in [-0.25, -0.2) is 0 Å². The van der Waals surface area contributed by atoms with Gasteiger partial charge in [-0.15, -0.1) is 0 Å². The fourth-order valence-corrected chi connectivity index (χ4v) is 1.45. The third-order valence-electron chi connectivity index (χ3n) is 1.36. The van der Waals surface area contributed by atoms with E-state index in [4.69, 9.17) is 10.8 Å². The molecule has 14 heavy (non-hydrogen) atoms. The maximum atomic E-state index is 10.9. The van der Waals surface area contributed by atoms with Crippen molar-refractivity contribution in [2.75, 3.05) is 0 Å². The highest BCUT2D eigenvalue weighted by atomic mass is 32.1. The molecule has 0 bridgehead atoms. The molecule has 68 valence electrons. The molecule has 0 atom stereocenters. The van der Waals surface area contributed by atoms with Crippen LogP contribution in [0.25, 0.3) is 16.0 Å². The highest BCUT2D eigenvalue weighted by Gasteiger charge is 2.02. The maximum Gasteiger partial charge on any atom is 0.243 e. The second-order valence-corrected chi connectivity index (χ2v) is 2.99. The number of carbonyl (C=O) groups is 1. The minimum Gasteiger partial charge on any atom is -0.288 e. The van der Waals surface area contributed by atoms with E-state index in [2.05, 4.69) is 10.0 Å². The predicted octanol–water partition coefficient (Wildman–Crippen LogP) is 2.49. The van der Waals surface area contributed by atoms with Gasteiger partial charge in [-0.1, -0.05) is 0 Å². The normalized spacial score (nSPS) is 10.1. The van der Waals surface area contributed by atoms with Gasteiger partial charge in [0.25, 0.3) is 0 Å². The van der Waals surface area contributed by atoms with Crippen LogP contribution in [0.3, 0.4) is 0 Å². The monoisotopic (exact) mass is 204 g/mol. The van der Waals surface area contributed by atoms with Crippen molar-refractivity contribution in [2.24, 2.45) is 5.11 Å². The third kappa shape index (κ3) is 2.45. The molecule has 0 aromatic carbocycles. The summed E-state index contributed by atoms with van der Waals surface area (Å²) in [6.07, 6.45) is 1.02. The Labute approximate surface area is 83.5 Å². The van der Waals surface area contributed by atoms with Crippen LogP contribution in [-0.4, -0.2) is 5.91 Å². The van der Waals surface area contributed by atoms with E-state index in [1.54, 1.807) is 16.8 Å². The topological polar surface area (TPSA) is 89.6 Å². The number of thiophene rings is 1. The van der Waals surface area contributed by atoms with Crippen LogP contribution in [-0.2, 0) is 4.79 Å². The van der Waals surface area contributed by atoms with Gasteiger partial charge in [0, 0.05) is 16.6 Å².